The molecule has 5 heteroatoms. The van der Waals surface area contributed by atoms with E-state index in [9.17, 15) is 5.11 Å². The van der Waals surface area contributed by atoms with Crippen LogP contribution in [0.2, 0.25) is 0 Å². The zero-order valence-electron chi connectivity index (χ0n) is 13.0. The van der Waals surface area contributed by atoms with Gasteiger partial charge in [-0.15, -0.1) is 0 Å². The number of morpholine rings is 1. The van der Waals surface area contributed by atoms with Crippen molar-refractivity contribution in [2.45, 2.75) is 25.0 Å². The predicted molar refractivity (Wildman–Crippen MR) is 91.0 cm³/mol. The zero-order valence-corrected chi connectivity index (χ0v) is 14.5. The summed E-state index contributed by atoms with van der Waals surface area (Å²) in [6.07, 6.45) is 2.10. The predicted octanol–water partition coefficient (Wildman–Crippen LogP) is 2.28. The Bertz CT molecular complexity index is 479. The SMILES string of the molecule is O[C@H](CN1CCOCC1)CN1CCC[C@@H]1c1cccc(Br)c1. The zero-order chi connectivity index (χ0) is 15.4. The molecule has 2 heterocycles. The third-order valence-corrected chi connectivity index (χ3v) is 5.11. The molecule has 3 rings (SSSR count). The Morgan fingerprint density at radius 2 is 2.05 bits per heavy atom. The van der Waals surface area contributed by atoms with Crippen LogP contribution in [-0.2, 0) is 4.74 Å². The Kier molecular flexibility index (Phi) is 5.88. The number of likely N-dealkylation sites (tertiary alicyclic amines) is 1. The number of β-amino-alcohol motifs (C(OH)–C–C–N with tert-alkyl or cyclic N) is 1. The van der Waals surface area contributed by atoms with Gasteiger partial charge in [0.1, 0.15) is 0 Å². The van der Waals surface area contributed by atoms with Gasteiger partial charge in [0.05, 0.1) is 19.3 Å². The molecule has 0 amide bonds. The molecule has 1 aromatic carbocycles. The van der Waals surface area contributed by atoms with Crippen LogP contribution in [-0.4, -0.2) is 66.9 Å². The van der Waals surface area contributed by atoms with Gasteiger partial charge >= 0.3 is 0 Å². The lowest BCUT2D eigenvalue weighted by Gasteiger charge is -2.32. The largest absolute Gasteiger partial charge is 0.390 e. The van der Waals surface area contributed by atoms with Crippen LogP contribution in [0, 0.1) is 0 Å². The smallest absolute Gasteiger partial charge is 0.0794 e. The van der Waals surface area contributed by atoms with E-state index in [2.05, 4.69) is 50.0 Å². The lowest BCUT2D eigenvalue weighted by atomic mass is 10.0. The molecule has 0 saturated carbocycles. The fourth-order valence-electron chi connectivity index (χ4n) is 3.55. The third kappa shape index (κ3) is 4.30. The first-order valence-electron chi connectivity index (χ1n) is 8.20. The topological polar surface area (TPSA) is 35.9 Å². The molecule has 1 N–H and O–H groups in total. The van der Waals surface area contributed by atoms with Crippen molar-refractivity contribution in [3.8, 4) is 0 Å². The van der Waals surface area contributed by atoms with Crippen molar-refractivity contribution >= 4 is 15.9 Å². The summed E-state index contributed by atoms with van der Waals surface area (Å²) in [6.45, 7) is 6.05. The van der Waals surface area contributed by atoms with Gasteiger partial charge in [-0.05, 0) is 37.1 Å². The summed E-state index contributed by atoms with van der Waals surface area (Å²) in [6, 6.07) is 9.01. The molecule has 2 aliphatic heterocycles. The van der Waals surface area contributed by atoms with Gasteiger partial charge in [-0.25, -0.2) is 0 Å². The van der Waals surface area contributed by atoms with Crippen LogP contribution in [0.25, 0.3) is 0 Å². The maximum atomic E-state index is 10.4. The fraction of sp³-hybridized carbons (Fsp3) is 0.647. The van der Waals surface area contributed by atoms with E-state index in [-0.39, 0.29) is 6.10 Å². The van der Waals surface area contributed by atoms with Crippen LogP contribution in [0.5, 0.6) is 0 Å². The van der Waals surface area contributed by atoms with Crippen LogP contribution in [0.3, 0.4) is 0 Å². The van der Waals surface area contributed by atoms with E-state index in [0.717, 1.165) is 50.4 Å². The molecule has 22 heavy (non-hydrogen) atoms. The molecule has 2 saturated heterocycles. The molecule has 2 atom stereocenters. The number of hydrogen-bond acceptors (Lipinski definition) is 4. The Morgan fingerprint density at radius 1 is 1.23 bits per heavy atom. The highest BCUT2D eigenvalue weighted by molar-refractivity contribution is 9.10. The Labute approximate surface area is 141 Å². The van der Waals surface area contributed by atoms with Gasteiger partial charge in [-0.3, -0.25) is 9.80 Å². The van der Waals surface area contributed by atoms with Gasteiger partial charge < -0.3 is 9.84 Å². The van der Waals surface area contributed by atoms with Crippen LogP contribution in [0.4, 0.5) is 0 Å². The van der Waals surface area contributed by atoms with E-state index in [0.29, 0.717) is 6.04 Å². The minimum atomic E-state index is -0.286. The van der Waals surface area contributed by atoms with E-state index >= 15 is 0 Å². The van der Waals surface area contributed by atoms with Crippen molar-refractivity contribution < 1.29 is 9.84 Å². The first kappa shape index (κ1) is 16.4. The van der Waals surface area contributed by atoms with Gasteiger partial charge in [0.2, 0.25) is 0 Å². The van der Waals surface area contributed by atoms with Gasteiger partial charge in [0, 0.05) is 36.7 Å². The molecule has 0 spiro atoms. The summed E-state index contributed by atoms with van der Waals surface area (Å²) in [5.74, 6) is 0. The van der Waals surface area contributed by atoms with E-state index in [1.807, 2.05) is 0 Å². The molecule has 0 aromatic heterocycles. The Balaban J connectivity index is 1.56. The maximum Gasteiger partial charge on any atom is 0.0794 e. The highest BCUT2D eigenvalue weighted by Gasteiger charge is 2.28. The summed E-state index contributed by atoms with van der Waals surface area (Å²) in [7, 11) is 0. The number of hydrogen-bond donors (Lipinski definition) is 1. The first-order valence-corrected chi connectivity index (χ1v) is 8.99. The number of aliphatic hydroxyl groups excluding tert-OH is 1. The number of nitrogens with zero attached hydrogens (tertiary/aromatic N) is 2. The monoisotopic (exact) mass is 368 g/mol. The van der Waals surface area contributed by atoms with Crippen molar-refractivity contribution in [1.29, 1.82) is 0 Å². The van der Waals surface area contributed by atoms with Crippen LogP contribution < -0.4 is 0 Å². The molecule has 0 aliphatic carbocycles. The standard InChI is InChI=1S/C17H25BrN2O2/c18-15-4-1-3-14(11-15)17-5-2-6-20(17)13-16(21)12-19-7-9-22-10-8-19/h1,3-4,11,16-17,21H,2,5-10,12-13H2/t16-,17-/m1/s1. The second-order valence-corrected chi connectivity index (χ2v) is 7.19. The van der Waals surface area contributed by atoms with E-state index in [4.69, 9.17) is 4.74 Å². The summed E-state index contributed by atoms with van der Waals surface area (Å²) in [5.41, 5.74) is 1.35. The lowest BCUT2D eigenvalue weighted by Crippen LogP contribution is -2.44. The highest BCUT2D eigenvalue weighted by atomic mass is 79.9. The normalized spacial score (nSPS) is 25.5. The average molecular weight is 369 g/mol. The maximum absolute atomic E-state index is 10.4. The van der Waals surface area contributed by atoms with Crippen LogP contribution >= 0.6 is 15.9 Å². The summed E-state index contributed by atoms with van der Waals surface area (Å²) < 4.78 is 6.49. The van der Waals surface area contributed by atoms with Crippen molar-refractivity contribution in [2.24, 2.45) is 0 Å². The van der Waals surface area contributed by atoms with Gasteiger partial charge in [0.25, 0.3) is 0 Å². The minimum absolute atomic E-state index is 0.286. The minimum Gasteiger partial charge on any atom is -0.390 e. The number of halogens is 1. The molecule has 122 valence electrons. The van der Waals surface area contributed by atoms with E-state index in [1.54, 1.807) is 0 Å². The van der Waals surface area contributed by atoms with Crippen molar-refractivity contribution in [2.75, 3.05) is 45.9 Å². The molecule has 1 aromatic rings. The molecule has 0 radical (unpaired) electrons. The Hall–Kier alpha value is -0.460. The molecule has 0 bridgehead atoms. The quantitative estimate of drug-likeness (QED) is 0.864. The molecule has 2 fully saturated rings. The third-order valence-electron chi connectivity index (χ3n) is 4.62. The number of aliphatic hydroxyl groups is 1. The summed E-state index contributed by atoms with van der Waals surface area (Å²) in [5, 5.41) is 10.4. The molecular weight excluding hydrogens is 344 g/mol. The molecule has 0 unspecified atom stereocenters. The van der Waals surface area contributed by atoms with Crippen molar-refractivity contribution in [1.82, 2.24) is 9.80 Å². The van der Waals surface area contributed by atoms with Gasteiger partial charge in [-0.1, -0.05) is 28.1 Å². The lowest BCUT2D eigenvalue weighted by molar-refractivity contribution is 0.00585. The number of rotatable bonds is 5. The number of benzene rings is 1. The van der Waals surface area contributed by atoms with Crippen molar-refractivity contribution in [3.05, 3.63) is 34.3 Å². The Morgan fingerprint density at radius 3 is 2.82 bits per heavy atom. The fourth-order valence-corrected chi connectivity index (χ4v) is 3.96. The van der Waals surface area contributed by atoms with Crippen LogP contribution in [0.15, 0.2) is 28.7 Å². The highest BCUT2D eigenvalue weighted by Crippen LogP contribution is 2.33. The van der Waals surface area contributed by atoms with Crippen LogP contribution in [0.1, 0.15) is 24.4 Å². The van der Waals surface area contributed by atoms with Gasteiger partial charge in [-0.2, -0.15) is 0 Å². The second kappa shape index (κ2) is 7.88. The average Bonchev–Trinajstić information content (AvgIpc) is 2.96. The van der Waals surface area contributed by atoms with Crippen molar-refractivity contribution in [3.63, 3.8) is 0 Å². The summed E-state index contributed by atoms with van der Waals surface area (Å²) >= 11 is 3.56. The molecule has 2 aliphatic rings. The number of ether oxygens (including phenoxy) is 1. The van der Waals surface area contributed by atoms with Gasteiger partial charge in [0.15, 0.2) is 0 Å². The molecule has 4 nitrogen and oxygen atoms in total. The van der Waals surface area contributed by atoms with E-state index in [1.165, 1.54) is 18.4 Å². The second-order valence-electron chi connectivity index (χ2n) is 6.27. The molecular formula is C17H25BrN2O2. The van der Waals surface area contributed by atoms with E-state index < -0.39 is 0 Å². The first-order chi connectivity index (χ1) is 10.7. The summed E-state index contributed by atoms with van der Waals surface area (Å²) in [4.78, 5) is 4.74.